The summed E-state index contributed by atoms with van der Waals surface area (Å²) >= 11 is 0. The number of hydrogen-bond acceptors (Lipinski definition) is 5. The lowest BCUT2D eigenvalue weighted by Crippen LogP contribution is -2.29. The van der Waals surface area contributed by atoms with Gasteiger partial charge in [-0.15, -0.1) is 0 Å². The Morgan fingerprint density at radius 2 is 1.64 bits per heavy atom. The van der Waals surface area contributed by atoms with E-state index < -0.39 is 17.7 Å². The summed E-state index contributed by atoms with van der Waals surface area (Å²) in [7, 11) is 3.87. The van der Waals surface area contributed by atoms with E-state index in [1.807, 2.05) is 107 Å². The molecule has 0 spiro atoms. The molecule has 3 aromatic carbocycles. The molecule has 4 rings (SSSR count). The van der Waals surface area contributed by atoms with E-state index >= 15 is 0 Å². The van der Waals surface area contributed by atoms with Gasteiger partial charge in [0.2, 0.25) is 0 Å². The van der Waals surface area contributed by atoms with Gasteiger partial charge < -0.3 is 14.7 Å². The van der Waals surface area contributed by atoms with Gasteiger partial charge in [-0.3, -0.25) is 14.5 Å². The average Bonchev–Trinajstić information content (AvgIpc) is 3.10. The molecule has 1 unspecified atom stereocenters. The van der Waals surface area contributed by atoms with Crippen molar-refractivity contribution in [3.05, 3.63) is 94.6 Å². The number of aryl methyl sites for hydroxylation is 2. The normalized spacial score (nSPS) is 17.1. The third-order valence-corrected chi connectivity index (χ3v) is 6.41. The van der Waals surface area contributed by atoms with Gasteiger partial charge in [-0.1, -0.05) is 24.3 Å². The van der Waals surface area contributed by atoms with Crippen molar-refractivity contribution < 1.29 is 19.4 Å². The molecule has 186 valence electrons. The molecular weight excluding hydrogens is 452 g/mol. The molecule has 3 aromatic rings. The van der Waals surface area contributed by atoms with Crippen LogP contribution in [-0.4, -0.2) is 37.0 Å². The highest BCUT2D eigenvalue weighted by Crippen LogP contribution is 2.43. The minimum atomic E-state index is -0.812. The molecule has 6 nitrogen and oxygen atoms in total. The van der Waals surface area contributed by atoms with Gasteiger partial charge in [0.25, 0.3) is 11.7 Å². The number of carbonyl (C=O) groups excluding carboxylic acids is 2. The Morgan fingerprint density at radius 1 is 0.944 bits per heavy atom. The summed E-state index contributed by atoms with van der Waals surface area (Å²) in [6, 6.07) is 19.5. The van der Waals surface area contributed by atoms with Gasteiger partial charge in [0, 0.05) is 31.0 Å². The minimum absolute atomic E-state index is 0.0410. The van der Waals surface area contributed by atoms with Crippen molar-refractivity contribution in [2.75, 3.05) is 23.9 Å². The minimum Gasteiger partial charge on any atom is -0.507 e. The van der Waals surface area contributed by atoms with E-state index in [1.54, 1.807) is 6.07 Å². The topological polar surface area (TPSA) is 70.1 Å². The summed E-state index contributed by atoms with van der Waals surface area (Å²) in [6.45, 7) is 7.80. The Hall–Kier alpha value is -4.06. The van der Waals surface area contributed by atoms with Crippen LogP contribution in [0, 0.1) is 13.8 Å². The third kappa shape index (κ3) is 4.71. The molecule has 1 aliphatic rings. The van der Waals surface area contributed by atoms with Crippen LogP contribution in [0.2, 0.25) is 0 Å². The van der Waals surface area contributed by atoms with Crippen LogP contribution in [0.25, 0.3) is 5.76 Å². The van der Waals surface area contributed by atoms with Crippen LogP contribution in [0.5, 0.6) is 5.75 Å². The Balaban J connectivity index is 1.92. The van der Waals surface area contributed by atoms with Crippen molar-refractivity contribution in [2.24, 2.45) is 0 Å². The molecule has 0 saturated carbocycles. The first kappa shape index (κ1) is 25.0. The Kier molecular flexibility index (Phi) is 6.88. The molecule has 1 N–H and O–H groups in total. The fraction of sp³-hybridized carbons (Fsp3) is 0.267. The molecule has 0 aromatic heterocycles. The van der Waals surface area contributed by atoms with Gasteiger partial charge in [0.05, 0.1) is 17.7 Å². The molecule has 1 saturated heterocycles. The maximum absolute atomic E-state index is 13.4. The smallest absolute Gasteiger partial charge is 0.300 e. The van der Waals surface area contributed by atoms with Crippen LogP contribution in [-0.2, 0) is 9.59 Å². The van der Waals surface area contributed by atoms with Gasteiger partial charge in [-0.05, 0) is 86.8 Å². The monoisotopic (exact) mass is 484 g/mol. The number of Topliss-reactive ketones (excluding diaryl/α,β-unsaturated/α-hetero) is 1. The predicted octanol–water partition coefficient (Wildman–Crippen LogP) is 5.78. The van der Waals surface area contributed by atoms with Gasteiger partial charge in [-0.25, -0.2) is 0 Å². The number of nitrogens with zero attached hydrogens (tertiary/aromatic N) is 2. The van der Waals surface area contributed by atoms with Crippen LogP contribution in [0.4, 0.5) is 11.4 Å². The lowest BCUT2D eigenvalue weighted by atomic mass is 9.94. The first-order valence-electron chi connectivity index (χ1n) is 12.0. The summed E-state index contributed by atoms with van der Waals surface area (Å²) < 4.78 is 5.89. The maximum atomic E-state index is 13.4. The van der Waals surface area contributed by atoms with Gasteiger partial charge in [0.15, 0.2) is 0 Å². The van der Waals surface area contributed by atoms with Crippen molar-refractivity contribution >= 4 is 28.8 Å². The predicted molar refractivity (Wildman–Crippen MR) is 144 cm³/mol. The van der Waals surface area contributed by atoms with Crippen LogP contribution >= 0.6 is 0 Å². The number of ketones is 1. The summed E-state index contributed by atoms with van der Waals surface area (Å²) in [6.07, 6.45) is -0.0410. The Bertz CT molecular complexity index is 1340. The third-order valence-electron chi connectivity index (χ3n) is 6.41. The molecule has 0 radical (unpaired) electrons. The highest BCUT2D eigenvalue weighted by molar-refractivity contribution is 6.51. The number of anilines is 2. The summed E-state index contributed by atoms with van der Waals surface area (Å²) in [5.74, 6) is -0.966. The van der Waals surface area contributed by atoms with E-state index in [-0.39, 0.29) is 17.4 Å². The Labute approximate surface area is 212 Å². The van der Waals surface area contributed by atoms with Crippen LogP contribution in [0.15, 0.2) is 72.3 Å². The van der Waals surface area contributed by atoms with E-state index in [0.717, 1.165) is 16.8 Å². The molecule has 1 atom stereocenters. The Morgan fingerprint density at radius 3 is 2.25 bits per heavy atom. The van der Waals surface area contributed by atoms with Crippen molar-refractivity contribution in [3.8, 4) is 5.75 Å². The van der Waals surface area contributed by atoms with Gasteiger partial charge >= 0.3 is 0 Å². The standard InChI is InChI=1S/C30H32N2O4/c1-18(2)36-25-9-7-8-21(17-25)27-26(28(33)22-11-10-19(3)20(4)16-22)29(34)30(35)32(27)24-14-12-23(13-15-24)31(5)6/h7-18,27,33H,1-6H3/b28-26-. The average molecular weight is 485 g/mol. The molecule has 0 aliphatic carbocycles. The number of carbonyl (C=O) groups is 2. The quantitative estimate of drug-likeness (QED) is 0.273. The number of amides is 1. The maximum Gasteiger partial charge on any atom is 0.300 e. The second-order valence-electron chi connectivity index (χ2n) is 9.62. The van der Waals surface area contributed by atoms with E-state index in [9.17, 15) is 14.7 Å². The highest BCUT2D eigenvalue weighted by Gasteiger charge is 2.47. The second kappa shape index (κ2) is 9.90. The number of aliphatic hydroxyl groups excluding tert-OH is 1. The fourth-order valence-electron chi connectivity index (χ4n) is 4.40. The zero-order valence-corrected chi connectivity index (χ0v) is 21.6. The zero-order chi connectivity index (χ0) is 26.1. The second-order valence-corrected chi connectivity index (χ2v) is 9.62. The molecular formula is C30H32N2O4. The number of ether oxygens (including phenoxy) is 1. The zero-order valence-electron chi connectivity index (χ0n) is 21.6. The van der Waals surface area contributed by atoms with E-state index in [2.05, 4.69) is 0 Å². The first-order chi connectivity index (χ1) is 17.1. The molecule has 36 heavy (non-hydrogen) atoms. The largest absolute Gasteiger partial charge is 0.507 e. The molecule has 1 fully saturated rings. The van der Waals surface area contributed by atoms with E-state index in [0.29, 0.717) is 22.6 Å². The molecule has 1 heterocycles. The number of hydrogen-bond donors (Lipinski definition) is 1. The lowest BCUT2D eigenvalue weighted by Gasteiger charge is -2.26. The van der Waals surface area contributed by atoms with E-state index in [1.165, 1.54) is 4.90 Å². The highest BCUT2D eigenvalue weighted by atomic mass is 16.5. The van der Waals surface area contributed by atoms with Crippen LogP contribution in [0.1, 0.15) is 42.1 Å². The lowest BCUT2D eigenvalue weighted by molar-refractivity contribution is -0.132. The number of aliphatic hydroxyl groups is 1. The SMILES string of the molecule is Cc1ccc(/C(O)=C2/C(=O)C(=O)N(c3ccc(N(C)C)cc3)C2c2cccc(OC(C)C)c2)cc1C. The summed E-state index contributed by atoms with van der Waals surface area (Å²) in [4.78, 5) is 30.3. The van der Waals surface area contributed by atoms with Gasteiger partial charge in [-0.2, -0.15) is 0 Å². The first-order valence-corrected chi connectivity index (χ1v) is 12.0. The van der Waals surface area contributed by atoms with Crippen molar-refractivity contribution in [2.45, 2.75) is 39.8 Å². The van der Waals surface area contributed by atoms with E-state index in [4.69, 9.17) is 4.74 Å². The summed E-state index contributed by atoms with van der Waals surface area (Å²) in [5.41, 5.74) is 4.82. The van der Waals surface area contributed by atoms with Crippen molar-refractivity contribution in [3.63, 3.8) is 0 Å². The number of rotatable bonds is 6. The van der Waals surface area contributed by atoms with Crippen LogP contribution in [0.3, 0.4) is 0 Å². The summed E-state index contributed by atoms with van der Waals surface area (Å²) in [5, 5.41) is 11.4. The fourth-order valence-corrected chi connectivity index (χ4v) is 4.40. The van der Waals surface area contributed by atoms with Crippen molar-refractivity contribution in [1.29, 1.82) is 0 Å². The molecule has 1 amide bonds. The van der Waals surface area contributed by atoms with Gasteiger partial charge in [0.1, 0.15) is 11.5 Å². The molecule has 6 heteroatoms. The molecule has 1 aliphatic heterocycles. The van der Waals surface area contributed by atoms with Crippen LogP contribution < -0.4 is 14.5 Å². The number of benzene rings is 3. The van der Waals surface area contributed by atoms with Crippen molar-refractivity contribution in [1.82, 2.24) is 0 Å². The molecule has 0 bridgehead atoms.